The van der Waals surface area contributed by atoms with Gasteiger partial charge in [0.05, 0.1) is 19.3 Å². The fraction of sp³-hybridized carbons (Fsp3) is 0.571. The van der Waals surface area contributed by atoms with Crippen LogP contribution in [0.15, 0.2) is 24.3 Å². The van der Waals surface area contributed by atoms with Crippen molar-refractivity contribution in [2.75, 3.05) is 38.3 Å². The number of rotatable bonds is 8. The number of hydrogen-bond donors (Lipinski definition) is 2. The van der Waals surface area contributed by atoms with E-state index in [0.717, 1.165) is 11.3 Å². The monoisotopic (exact) mass is 253 g/mol. The number of anilines is 1. The zero-order chi connectivity index (χ0) is 13.4. The Morgan fingerprint density at radius 2 is 2.00 bits per heavy atom. The van der Waals surface area contributed by atoms with E-state index in [2.05, 4.69) is 0 Å². The van der Waals surface area contributed by atoms with Crippen molar-refractivity contribution in [3.05, 3.63) is 29.8 Å². The lowest BCUT2D eigenvalue weighted by Crippen LogP contribution is -2.31. The lowest BCUT2D eigenvalue weighted by molar-refractivity contribution is 0.173. The summed E-state index contributed by atoms with van der Waals surface area (Å²) in [4.78, 5) is 2.04. The average Bonchev–Trinajstić information content (AvgIpc) is 2.42. The standard InChI is InChI=1S/C14H23NO3/c1-3-14(17)12-6-4-5-7-13(12)15(8-10-16)9-11-18-2/h4-7,14,16-17H,3,8-11H2,1-2H3/t14-/m1/s1. The molecular weight excluding hydrogens is 230 g/mol. The van der Waals surface area contributed by atoms with Crippen molar-refractivity contribution in [1.29, 1.82) is 0 Å². The van der Waals surface area contributed by atoms with Crippen molar-refractivity contribution in [2.24, 2.45) is 0 Å². The fourth-order valence-corrected chi connectivity index (χ4v) is 1.95. The molecule has 0 saturated carbocycles. The minimum Gasteiger partial charge on any atom is -0.395 e. The van der Waals surface area contributed by atoms with E-state index in [-0.39, 0.29) is 6.61 Å². The number of ether oxygens (including phenoxy) is 1. The molecule has 1 aromatic rings. The number of para-hydroxylation sites is 1. The van der Waals surface area contributed by atoms with Crippen LogP contribution in [0.2, 0.25) is 0 Å². The SMILES string of the molecule is CC[C@@H](O)c1ccccc1N(CCO)CCOC. The summed E-state index contributed by atoms with van der Waals surface area (Å²) in [5, 5.41) is 19.2. The van der Waals surface area contributed by atoms with E-state index in [1.807, 2.05) is 36.1 Å². The smallest absolute Gasteiger partial charge is 0.0807 e. The molecule has 0 fully saturated rings. The van der Waals surface area contributed by atoms with E-state index in [0.29, 0.717) is 26.1 Å². The molecule has 0 amide bonds. The van der Waals surface area contributed by atoms with Gasteiger partial charge < -0.3 is 19.8 Å². The summed E-state index contributed by atoms with van der Waals surface area (Å²) in [6.45, 7) is 3.87. The average molecular weight is 253 g/mol. The quantitative estimate of drug-likeness (QED) is 0.738. The Hall–Kier alpha value is -1.10. The van der Waals surface area contributed by atoms with E-state index < -0.39 is 6.10 Å². The summed E-state index contributed by atoms with van der Waals surface area (Å²) >= 11 is 0. The predicted molar refractivity (Wildman–Crippen MR) is 72.9 cm³/mol. The number of aliphatic hydroxyl groups excluding tert-OH is 2. The van der Waals surface area contributed by atoms with Crippen molar-refractivity contribution >= 4 is 5.69 Å². The summed E-state index contributed by atoms with van der Waals surface area (Å²) in [7, 11) is 1.66. The topological polar surface area (TPSA) is 52.9 Å². The van der Waals surface area contributed by atoms with Gasteiger partial charge in [-0.05, 0) is 12.5 Å². The summed E-state index contributed by atoms with van der Waals surface area (Å²) < 4.78 is 5.08. The van der Waals surface area contributed by atoms with Gasteiger partial charge in [-0.1, -0.05) is 25.1 Å². The van der Waals surface area contributed by atoms with Gasteiger partial charge in [0.2, 0.25) is 0 Å². The summed E-state index contributed by atoms with van der Waals surface area (Å²) in [5.41, 5.74) is 1.88. The molecule has 4 nitrogen and oxygen atoms in total. The number of aliphatic hydroxyl groups is 2. The van der Waals surface area contributed by atoms with Crippen molar-refractivity contribution in [2.45, 2.75) is 19.4 Å². The third kappa shape index (κ3) is 3.98. The van der Waals surface area contributed by atoms with Gasteiger partial charge in [0, 0.05) is 31.5 Å². The molecule has 0 saturated heterocycles. The van der Waals surface area contributed by atoms with Crippen LogP contribution >= 0.6 is 0 Å². The van der Waals surface area contributed by atoms with E-state index >= 15 is 0 Å². The van der Waals surface area contributed by atoms with Crippen LogP contribution in [0.1, 0.15) is 25.0 Å². The van der Waals surface area contributed by atoms with Crippen LogP contribution in [0.4, 0.5) is 5.69 Å². The Morgan fingerprint density at radius 3 is 2.61 bits per heavy atom. The molecule has 0 radical (unpaired) electrons. The van der Waals surface area contributed by atoms with Gasteiger partial charge in [-0.3, -0.25) is 0 Å². The van der Waals surface area contributed by atoms with E-state index in [1.54, 1.807) is 7.11 Å². The predicted octanol–water partition coefficient (Wildman–Crippen LogP) is 1.58. The molecule has 0 aromatic heterocycles. The molecule has 0 bridgehead atoms. The Balaban J connectivity index is 2.94. The minimum atomic E-state index is -0.468. The van der Waals surface area contributed by atoms with Gasteiger partial charge in [-0.15, -0.1) is 0 Å². The Morgan fingerprint density at radius 1 is 1.28 bits per heavy atom. The van der Waals surface area contributed by atoms with Crippen LogP contribution in [0.3, 0.4) is 0 Å². The van der Waals surface area contributed by atoms with Crippen LogP contribution in [-0.4, -0.2) is 43.6 Å². The number of methoxy groups -OCH3 is 1. The third-order valence-electron chi connectivity index (χ3n) is 2.96. The maximum absolute atomic E-state index is 10.0. The first kappa shape index (κ1) is 15.0. The zero-order valence-corrected chi connectivity index (χ0v) is 11.2. The molecular formula is C14H23NO3. The lowest BCUT2D eigenvalue weighted by atomic mass is 10.0. The second-order valence-corrected chi connectivity index (χ2v) is 4.19. The molecule has 1 aromatic carbocycles. The maximum Gasteiger partial charge on any atom is 0.0807 e. The van der Waals surface area contributed by atoms with Gasteiger partial charge >= 0.3 is 0 Å². The highest BCUT2D eigenvalue weighted by molar-refractivity contribution is 5.54. The highest BCUT2D eigenvalue weighted by Crippen LogP contribution is 2.27. The minimum absolute atomic E-state index is 0.0836. The van der Waals surface area contributed by atoms with Gasteiger partial charge in [0.1, 0.15) is 0 Å². The van der Waals surface area contributed by atoms with Crippen LogP contribution in [0.25, 0.3) is 0 Å². The molecule has 0 aliphatic rings. The van der Waals surface area contributed by atoms with E-state index in [9.17, 15) is 5.11 Å². The van der Waals surface area contributed by atoms with Crippen LogP contribution in [0.5, 0.6) is 0 Å². The normalized spacial score (nSPS) is 12.4. The first-order valence-corrected chi connectivity index (χ1v) is 6.36. The molecule has 102 valence electrons. The van der Waals surface area contributed by atoms with Crippen molar-refractivity contribution in [3.8, 4) is 0 Å². The largest absolute Gasteiger partial charge is 0.395 e. The molecule has 0 unspecified atom stereocenters. The summed E-state index contributed by atoms with van der Waals surface area (Å²) in [5.74, 6) is 0. The highest BCUT2D eigenvalue weighted by Gasteiger charge is 2.14. The van der Waals surface area contributed by atoms with E-state index in [4.69, 9.17) is 9.84 Å². The molecule has 4 heteroatoms. The second-order valence-electron chi connectivity index (χ2n) is 4.19. The van der Waals surface area contributed by atoms with Gasteiger partial charge in [-0.2, -0.15) is 0 Å². The Bertz CT molecular complexity index is 344. The van der Waals surface area contributed by atoms with Crippen LogP contribution < -0.4 is 4.90 Å². The van der Waals surface area contributed by atoms with E-state index in [1.165, 1.54) is 0 Å². The zero-order valence-electron chi connectivity index (χ0n) is 11.2. The number of hydrogen-bond acceptors (Lipinski definition) is 4. The maximum atomic E-state index is 10.0. The van der Waals surface area contributed by atoms with Crippen molar-refractivity contribution in [3.63, 3.8) is 0 Å². The highest BCUT2D eigenvalue weighted by atomic mass is 16.5. The van der Waals surface area contributed by atoms with Crippen LogP contribution in [-0.2, 0) is 4.74 Å². The van der Waals surface area contributed by atoms with Gasteiger partial charge in [0.25, 0.3) is 0 Å². The molecule has 0 aliphatic heterocycles. The molecule has 0 spiro atoms. The van der Waals surface area contributed by atoms with Gasteiger partial charge in [0.15, 0.2) is 0 Å². The molecule has 1 rings (SSSR count). The molecule has 18 heavy (non-hydrogen) atoms. The Labute approximate surface area is 109 Å². The lowest BCUT2D eigenvalue weighted by Gasteiger charge is -2.27. The first-order valence-electron chi connectivity index (χ1n) is 6.36. The van der Waals surface area contributed by atoms with Crippen molar-refractivity contribution in [1.82, 2.24) is 0 Å². The van der Waals surface area contributed by atoms with Gasteiger partial charge in [-0.25, -0.2) is 0 Å². The molecule has 1 atom stereocenters. The number of nitrogens with zero attached hydrogens (tertiary/aromatic N) is 1. The second kappa shape index (κ2) is 8.08. The molecule has 0 aliphatic carbocycles. The third-order valence-corrected chi connectivity index (χ3v) is 2.96. The Kier molecular flexibility index (Phi) is 6.72. The van der Waals surface area contributed by atoms with Crippen LogP contribution in [0, 0.1) is 0 Å². The first-order chi connectivity index (χ1) is 8.74. The summed E-state index contributed by atoms with van der Waals surface area (Å²) in [6, 6.07) is 7.77. The summed E-state index contributed by atoms with van der Waals surface area (Å²) in [6.07, 6.45) is 0.207. The van der Waals surface area contributed by atoms with Crippen molar-refractivity contribution < 1.29 is 14.9 Å². The molecule has 2 N–H and O–H groups in total. The fourth-order valence-electron chi connectivity index (χ4n) is 1.95. The number of benzene rings is 1. The molecule has 0 heterocycles.